The Hall–Kier alpha value is -3.79. The Bertz CT molecular complexity index is 1370. The highest BCUT2D eigenvalue weighted by atomic mass is 16.5. The van der Waals surface area contributed by atoms with E-state index < -0.39 is 17.4 Å². The lowest BCUT2D eigenvalue weighted by Crippen LogP contribution is -2.38. The monoisotopic (exact) mass is 453 g/mol. The van der Waals surface area contributed by atoms with E-state index in [1.807, 2.05) is 30.3 Å². The van der Waals surface area contributed by atoms with E-state index in [1.54, 1.807) is 23.9 Å². The van der Waals surface area contributed by atoms with Gasteiger partial charge in [0.1, 0.15) is 24.2 Å². The summed E-state index contributed by atoms with van der Waals surface area (Å²) in [6.45, 7) is 2.44. The first-order chi connectivity index (χ1) is 15.9. The van der Waals surface area contributed by atoms with Crippen molar-refractivity contribution in [3.63, 3.8) is 0 Å². The molecule has 0 aliphatic heterocycles. The predicted molar refractivity (Wildman–Crippen MR) is 124 cm³/mol. The molecule has 0 bridgehead atoms. The zero-order valence-corrected chi connectivity index (χ0v) is 18.8. The fourth-order valence-corrected chi connectivity index (χ4v) is 3.65. The van der Waals surface area contributed by atoms with Gasteiger partial charge in [-0.25, -0.2) is 4.79 Å². The molecule has 33 heavy (non-hydrogen) atoms. The van der Waals surface area contributed by atoms with Gasteiger partial charge in [-0.1, -0.05) is 19.1 Å². The molecule has 0 amide bonds. The van der Waals surface area contributed by atoms with Gasteiger partial charge in [0.15, 0.2) is 11.2 Å². The largest absolute Gasteiger partial charge is 0.491 e. The molecule has 174 valence electrons. The molecular weight excluding hydrogens is 426 g/mol. The molecule has 4 aromatic rings. The smallest absolute Gasteiger partial charge is 0.332 e. The number of fused-ring (bicyclic) bond motifs is 1. The van der Waals surface area contributed by atoms with E-state index in [0.29, 0.717) is 24.0 Å². The van der Waals surface area contributed by atoms with Crippen LogP contribution in [0.15, 0.2) is 56.7 Å². The number of benzene rings is 1. The molecule has 0 aliphatic rings. The van der Waals surface area contributed by atoms with E-state index >= 15 is 0 Å². The minimum absolute atomic E-state index is 0.0243. The molecule has 0 saturated carbocycles. The van der Waals surface area contributed by atoms with E-state index in [-0.39, 0.29) is 24.3 Å². The highest BCUT2D eigenvalue weighted by Gasteiger charge is 2.21. The average molecular weight is 453 g/mol. The summed E-state index contributed by atoms with van der Waals surface area (Å²) in [5, 5.41) is 13.9. The third kappa shape index (κ3) is 4.56. The number of rotatable bonds is 9. The first kappa shape index (κ1) is 22.4. The number of hydrogen-bond donors (Lipinski definition) is 2. The number of anilines is 1. The number of nitrogens with zero attached hydrogens (tertiary/aromatic N) is 4. The summed E-state index contributed by atoms with van der Waals surface area (Å²) < 4.78 is 15.0. The standard InChI is InChI=1S/C23H27N5O5/c1-4-15-7-5-8-17(11-15)33-14-16(29)13-28-19-20(26(2)23(31)27(3)21(19)30)25-22(28)24-12-18-9-6-10-32-18/h5-11,16,29H,4,12-14H2,1-3H3,(H,24,25). The van der Waals surface area contributed by atoms with Gasteiger partial charge in [-0.3, -0.25) is 13.9 Å². The van der Waals surface area contributed by atoms with Crippen molar-refractivity contribution in [3.8, 4) is 5.75 Å². The van der Waals surface area contributed by atoms with Gasteiger partial charge >= 0.3 is 5.69 Å². The zero-order chi connectivity index (χ0) is 23.5. The predicted octanol–water partition coefficient (Wildman–Crippen LogP) is 1.64. The van der Waals surface area contributed by atoms with Gasteiger partial charge in [-0.15, -0.1) is 0 Å². The van der Waals surface area contributed by atoms with Gasteiger partial charge in [0, 0.05) is 14.1 Å². The van der Waals surface area contributed by atoms with Crippen LogP contribution in [0.5, 0.6) is 5.75 Å². The van der Waals surface area contributed by atoms with Crippen molar-refractivity contribution < 1.29 is 14.3 Å². The third-order valence-corrected chi connectivity index (χ3v) is 5.49. The maximum atomic E-state index is 12.9. The van der Waals surface area contributed by atoms with E-state index in [0.717, 1.165) is 16.6 Å². The Balaban J connectivity index is 1.64. The van der Waals surface area contributed by atoms with Crippen molar-refractivity contribution in [3.05, 3.63) is 74.8 Å². The maximum absolute atomic E-state index is 12.9. The molecule has 0 aliphatic carbocycles. The summed E-state index contributed by atoms with van der Waals surface area (Å²) in [6.07, 6.45) is 1.51. The average Bonchev–Trinajstić information content (AvgIpc) is 3.47. The summed E-state index contributed by atoms with van der Waals surface area (Å²) in [7, 11) is 2.97. The quantitative estimate of drug-likeness (QED) is 0.396. The number of aliphatic hydroxyl groups is 1. The molecule has 1 unspecified atom stereocenters. The summed E-state index contributed by atoms with van der Waals surface area (Å²) in [5.74, 6) is 1.68. The lowest BCUT2D eigenvalue weighted by Gasteiger charge is -2.16. The van der Waals surface area contributed by atoms with Crippen molar-refractivity contribution in [2.45, 2.75) is 32.5 Å². The molecule has 3 heterocycles. The van der Waals surface area contributed by atoms with Crippen molar-refractivity contribution in [2.75, 3.05) is 11.9 Å². The van der Waals surface area contributed by atoms with E-state index in [2.05, 4.69) is 17.2 Å². The second-order valence-electron chi connectivity index (χ2n) is 7.82. The Kier molecular flexibility index (Phi) is 6.36. The van der Waals surface area contributed by atoms with Gasteiger partial charge in [0.25, 0.3) is 5.56 Å². The summed E-state index contributed by atoms with van der Waals surface area (Å²) in [4.78, 5) is 29.8. The Morgan fingerprint density at radius 2 is 2.00 bits per heavy atom. The summed E-state index contributed by atoms with van der Waals surface area (Å²) in [6, 6.07) is 11.3. The van der Waals surface area contributed by atoms with Gasteiger partial charge in [-0.05, 0) is 36.2 Å². The number of hydrogen-bond acceptors (Lipinski definition) is 7. The van der Waals surface area contributed by atoms with Crippen LogP contribution in [0, 0.1) is 0 Å². The zero-order valence-electron chi connectivity index (χ0n) is 18.8. The van der Waals surface area contributed by atoms with Crippen molar-refractivity contribution >= 4 is 17.1 Å². The van der Waals surface area contributed by atoms with E-state index in [4.69, 9.17) is 9.15 Å². The van der Waals surface area contributed by atoms with Crippen LogP contribution in [0.1, 0.15) is 18.2 Å². The van der Waals surface area contributed by atoms with E-state index in [9.17, 15) is 14.7 Å². The molecule has 0 spiro atoms. The fourth-order valence-electron chi connectivity index (χ4n) is 3.65. The first-order valence-corrected chi connectivity index (χ1v) is 10.7. The highest BCUT2D eigenvalue weighted by molar-refractivity contribution is 5.74. The first-order valence-electron chi connectivity index (χ1n) is 10.7. The molecule has 1 aromatic carbocycles. The van der Waals surface area contributed by atoms with E-state index in [1.165, 1.54) is 11.6 Å². The minimum Gasteiger partial charge on any atom is -0.491 e. The number of furan rings is 1. The molecule has 10 heteroatoms. The van der Waals surface area contributed by atoms with Crippen LogP contribution >= 0.6 is 0 Å². The van der Waals surface area contributed by atoms with Crippen LogP contribution in [-0.4, -0.2) is 36.5 Å². The second kappa shape index (κ2) is 9.37. The van der Waals surface area contributed by atoms with Gasteiger partial charge in [-0.2, -0.15) is 4.98 Å². The fraction of sp³-hybridized carbons (Fsp3) is 0.348. The van der Waals surface area contributed by atoms with Crippen LogP contribution in [0.2, 0.25) is 0 Å². The maximum Gasteiger partial charge on any atom is 0.332 e. The third-order valence-electron chi connectivity index (χ3n) is 5.49. The topological polar surface area (TPSA) is 116 Å². The number of ether oxygens (including phenoxy) is 1. The molecule has 0 fully saturated rings. The Morgan fingerprint density at radius 1 is 1.18 bits per heavy atom. The normalized spacial score (nSPS) is 12.2. The molecule has 0 radical (unpaired) electrons. The molecule has 4 rings (SSSR count). The second-order valence-corrected chi connectivity index (χ2v) is 7.82. The molecule has 10 nitrogen and oxygen atoms in total. The van der Waals surface area contributed by atoms with Crippen LogP contribution in [0.4, 0.5) is 5.95 Å². The Labute approximate surface area is 189 Å². The van der Waals surface area contributed by atoms with Crippen molar-refractivity contribution in [1.82, 2.24) is 18.7 Å². The van der Waals surface area contributed by atoms with Crippen molar-refractivity contribution in [1.29, 1.82) is 0 Å². The minimum atomic E-state index is -0.932. The van der Waals surface area contributed by atoms with Crippen LogP contribution in [0.25, 0.3) is 11.2 Å². The van der Waals surface area contributed by atoms with Crippen LogP contribution in [0.3, 0.4) is 0 Å². The van der Waals surface area contributed by atoms with Crippen molar-refractivity contribution in [2.24, 2.45) is 14.1 Å². The molecule has 1 atom stereocenters. The number of nitrogens with one attached hydrogen (secondary N) is 1. The molecule has 3 aromatic heterocycles. The lowest BCUT2D eigenvalue weighted by molar-refractivity contribution is 0.0937. The molecule has 2 N–H and O–H groups in total. The van der Waals surface area contributed by atoms with Gasteiger partial charge in [0.05, 0.1) is 19.4 Å². The summed E-state index contributed by atoms with van der Waals surface area (Å²) >= 11 is 0. The number of imidazole rings is 1. The number of aliphatic hydroxyl groups excluding tert-OH is 1. The number of aryl methyl sites for hydroxylation is 2. The molecule has 0 saturated heterocycles. The number of aromatic nitrogens is 4. The molecular formula is C23H27N5O5. The summed E-state index contributed by atoms with van der Waals surface area (Å²) in [5.41, 5.74) is 0.614. The van der Waals surface area contributed by atoms with Crippen LogP contribution in [-0.2, 0) is 33.6 Å². The van der Waals surface area contributed by atoms with Crippen LogP contribution < -0.4 is 21.3 Å². The highest BCUT2D eigenvalue weighted by Crippen LogP contribution is 2.19. The van der Waals surface area contributed by atoms with Gasteiger partial charge < -0.3 is 24.1 Å². The SMILES string of the molecule is CCc1cccc(OCC(O)Cn2c(NCc3ccco3)nc3c2c(=O)n(C)c(=O)n3C)c1. The van der Waals surface area contributed by atoms with Gasteiger partial charge in [0.2, 0.25) is 5.95 Å². The Morgan fingerprint density at radius 3 is 2.73 bits per heavy atom. The lowest BCUT2D eigenvalue weighted by atomic mass is 10.2.